The summed E-state index contributed by atoms with van der Waals surface area (Å²) in [5.41, 5.74) is 0.589. The second-order valence-electron chi connectivity index (χ2n) is 8.94. The van der Waals surface area contributed by atoms with E-state index < -0.39 is 36.6 Å². The Hall–Kier alpha value is -3.43. The van der Waals surface area contributed by atoms with Gasteiger partial charge in [-0.05, 0) is 71.2 Å². The molecular weight excluding hydrogens is 444 g/mol. The van der Waals surface area contributed by atoms with Gasteiger partial charge in [-0.25, -0.2) is 14.4 Å². The van der Waals surface area contributed by atoms with Crippen LogP contribution in [-0.4, -0.2) is 60.9 Å². The second kappa shape index (κ2) is 11.6. The molecule has 0 spiro atoms. The van der Waals surface area contributed by atoms with Gasteiger partial charge >= 0.3 is 18.2 Å². The number of likely N-dealkylation sites (N-methyl/N-ethyl adjacent to an activating group) is 1. The summed E-state index contributed by atoms with van der Waals surface area (Å²) in [4.78, 5) is 38.5. The Morgan fingerprint density at radius 3 is 2.47 bits per heavy atom. The number of rotatable bonds is 9. The molecule has 10 nitrogen and oxygen atoms in total. The van der Waals surface area contributed by atoms with E-state index >= 15 is 0 Å². The van der Waals surface area contributed by atoms with Crippen LogP contribution in [0.3, 0.4) is 0 Å². The topological polar surface area (TPSA) is 113 Å². The maximum atomic E-state index is 12.6. The number of nitrogens with one attached hydrogen (secondary N) is 1. The summed E-state index contributed by atoms with van der Waals surface area (Å²) in [7, 11) is 0. The molecule has 0 aliphatic carbocycles. The number of hydrogen-bond acceptors (Lipinski definition) is 8. The molecule has 0 aromatic heterocycles. The monoisotopic (exact) mass is 478 g/mol. The van der Waals surface area contributed by atoms with E-state index in [1.54, 1.807) is 27.7 Å². The van der Waals surface area contributed by atoms with E-state index in [9.17, 15) is 14.4 Å². The van der Waals surface area contributed by atoms with Crippen molar-refractivity contribution in [2.75, 3.05) is 20.1 Å². The fourth-order valence-electron chi connectivity index (χ4n) is 3.25. The van der Waals surface area contributed by atoms with Gasteiger partial charge in [-0.15, -0.1) is 0 Å². The normalized spacial score (nSPS) is 13.9. The first-order valence-electron chi connectivity index (χ1n) is 11.0. The number of amides is 2. The van der Waals surface area contributed by atoms with Crippen LogP contribution < -0.4 is 14.8 Å². The van der Waals surface area contributed by atoms with Crippen LogP contribution in [0.25, 0.3) is 0 Å². The molecule has 1 aliphatic rings. The predicted molar refractivity (Wildman–Crippen MR) is 124 cm³/mol. The molecule has 2 amide bonds. The molecule has 0 unspecified atom stereocenters. The molecule has 188 valence electrons. The molecule has 1 aromatic carbocycles. The van der Waals surface area contributed by atoms with Crippen LogP contribution >= 0.6 is 0 Å². The molecule has 0 fully saturated rings. The molecule has 0 saturated heterocycles. The summed E-state index contributed by atoms with van der Waals surface area (Å²) in [6, 6.07) is 4.31. The first-order chi connectivity index (χ1) is 15.9. The van der Waals surface area contributed by atoms with E-state index in [1.165, 1.54) is 4.90 Å². The minimum absolute atomic E-state index is 0.189. The Morgan fingerprint density at radius 2 is 1.85 bits per heavy atom. The second-order valence-corrected chi connectivity index (χ2v) is 8.94. The molecule has 1 aromatic rings. The molecule has 34 heavy (non-hydrogen) atoms. The lowest BCUT2D eigenvalue weighted by Gasteiger charge is -2.27. The number of nitrogens with zero attached hydrogens (tertiary/aromatic N) is 1. The van der Waals surface area contributed by atoms with Gasteiger partial charge in [0.25, 0.3) is 0 Å². The van der Waals surface area contributed by atoms with Gasteiger partial charge in [0.15, 0.2) is 17.5 Å². The number of carbonyl (C=O) groups excluding carboxylic acids is 3. The standard InChI is InChI=1S/C24H34N2O8/c1-8-26(16(4)11-17-9-10-18-19(12-17)31-13-30-18)23(29)33-14-32-21(27)20(15(2)3)25-22(28)34-24(5,6)7/h9-10,12,16,20H,2,8,11,13-14H2,1,3-7H3,(H,25,28)/t16-,20+/m0/s1. The van der Waals surface area contributed by atoms with Crippen molar-refractivity contribution in [2.45, 2.75) is 65.6 Å². The molecular formula is C24H34N2O8. The summed E-state index contributed by atoms with van der Waals surface area (Å²) in [5.74, 6) is 0.552. The number of carbonyl (C=O) groups is 3. The van der Waals surface area contributed by atoms with Gasteiger partial charge in [-0.1, -0.05) is 12.6 Å². The zero-order valence-corrected chi connectivity index (χ0v) is 20.6. The van der Waals surface area contributed by atoms with Crippen molar-refractivity contribution in [1.82, 2.24) is 10.2 Å². The number of fused-ring (bicyclic) bond motifs is 1. The summed E-state index contributed by atoms with van der Waals surface area (Å²) < 4.78 is 26.0. The van der Waals surface area contributed by atoms with E-state index in [4.69, 9.17) is 23.7 Å². The first-order valence-corrected chi connectivity index (χ1v) is 11.0. The molecule has 0 saturated carbocycles. The van der Waals surface area contributed by atoms with Crippen molar-refractivity contribution in [3.63, 3.8) is 0 Å². The van der Waals surface area contributed by atoms with Crippen LogP contribution in [-0.2, 0) is 25.4 Å². The zero-order valence-electron chi connectivity index (χ0n) is 20.6. The van der Waals surface area contributed by atoms with Gasteiger partial charge in [0.2, 0.25) is 13.6 Å². The molecule has 2 rings (SSSR count). The highest BCUT2D eigenvalue weighted by Crippen LogP contribution is 2.33. The van der Waals surface area contributed by atoms with Crippen LogP contribution in [0.5, 0.6) is 11.5 Å². The molecule has 0 radical (unpaired) electrons. The predicted octanol–water partition coefficient (Wildman–Crippen LogP) is 3.77. The zero-order chi connectivity index (χ0) is 25.5. The molecule has 2 atom stereocenters. The first kappa shape index (κ1) is 26.8. The average molecular weight is 479 g/mol. The summed E-state index contributed by atoms with van der Waals surface area (Å²) >= 11 is 0. The Labute approximate surface area is 200 Å². The third-order valence-electron chi connectivity index (χ3n) is 4.85. The third kappa shape index (κ3) is 7.86. The maximum Gasteiger partial charge on any atom is 0.412 e. The third-order valence-corrected chi connectivity index (χ3v) is 4.85. The van der Waals surface area contributed by atoms with E-state index in [2.05, 4.69) is 11.9 Å². The van der Waals surface area contributed by atoms with Gasteiger partial charge in [-0.2, -0.15) is 0 Å². The van der Waals surface area contributed by atoms with E-state index in [1.807, 2.05) is 32.0 Å². The molecule has 10 heteroatoms. The van der Waals surface area contributed by atoms with Gasteiger partial charge in [-0.3, -0.25) is 0 Å². The molecule has 0 bridgehead atoms. The maximum absolute atomic E-state index is 12.6. The van der Waals surface area contributed by atoms with Crippen molar-refractivity contribution in [2.24, 2.45) is 0 Å². The number of esters is 1. The van der Waals surface area contributed by atoms with E-state index in [-0.39, 0.29) is 12.8 Å². The van der Waals surface area contributed by atoms with Crippen LogP contribution in [0.15, 0.2) is 30.4 Å². The lowest BCUT2D eigenvalue weighted by Crippen LogP contribution is -2.45. The number of alkyl carbamates (subject to hydrolysis) is 1. The Kier molecular flexibility index (Phi) is 9.17. The Balaban J connectivity index is 1.86. The summed E-state index contributed by atoms with van der Waals surface area (Å²) in [5, 5.41) is 2.40. The van der Waals surface area contributed by atoms with Gasteiger partial charge in [0.05, 0.1) is 0 Å². The highest BCUT2D eigenvalue weighted by Gasteiger charge is 2.27. The van der Waals surface area contributed by atoms with Crippen molar-refractivity contribution in [3.05, 3.63) is 35.9 Å². The van der Waals surface area contributed by atoms with Crippen LogP contribution in [0.1, 0.15) is 47.1 Å². The van der Waals surface area contributed by atoms with Gasteiger partial charge < -0.3 is 33.9 Å². The van der Waals surface area contributed by atoms with Crippen LogP contribution in [0.4, 0.5) is 9.59 Å². The Bertz CT molecular complexity index is 909. The lowest BCUT2D eigenvalue weighted by atomic mass is 10.1. The van der Waals surface area contributed by atoms with Crippen molar-refractivity contribution < 1.29 is 38.1 Å². The molecule has 1 aliphatic heterocycles. The summed E-state index contributed by atoms with van der Waals surface area (Å²) in [6.07, 6.45) is -0.851. The minimum Gasteiger partial charge on any atom is -0.454 e. The number of ether oxygens (including phenoxy) is 5. The summed E-state index contributed by atoms with van der Waals surface area (Å²) in [6.45, 7) is 14.1. The fraction of sp³-hybridized carbons (Fsp3) is 0.542. The average Bonchev–Trinajstić information content (AvgIpc) is 3.18. The van der Waals surface area contributed by atoms with Gasteiger partial charge in [0, 0.05) is 12.6 Å². The molecule has 1 N–H and O–H groups in total. The van der Waals surface area contributed by atoms with Crippen LogP contribution in [0.2, 0.25) is 0 Å². The minimum atomic E-state index is -1.14. The smallest absolute Gasteiger partial charge is 0.412 e. The fourth-order valence-corrected chi connectivity index (χ4v) is 3.25. The highest BCUT2D eigenvalue weighted by molar-refractivity contribution is 5.84. The largest absolute Gasteiger partial charge is 0.454 e. The number of benzene rings is 1. The number of hydrogen-bond donors (Lipinski definition) is 1. The quantitative estimate of drug-likeness (QED) is 0.324. The highest BCUT2D eigenvalue weighted by atomic mass is 16.7. The van der Waals surface area contributed by atoms with Crippen molar-refractivity contribution in [1.29, 1.82) is 0 Å². The van der Waals surface area contributed by atoms with Crippen LogP contribution in [0, 0.1) is 0 Å². The van der Waals surface area contributed by atoms with Gasteiger partial charge in [0.1, 0.15) is 5.60 Å². The molecule has 1 heterocycles. The SMILES string of the molecule is C=C(C)[C@@H](NC(=O)OC(C)(C)C)C(=O)OCOC(=O)N(CC)[C@@H](C)Cc1ccc2c(c1)OCO2. The van der Waals surface area contributed by atoms with Crippen molar-refractivity contribution >= 4 is 18.2 Å². The van der Waals surface area contributed by atoms with Crippen molar-refractivity contribution in [3.8, 4) is 11.5 Å². The lowest BCUT2D eigenvalue weighted by molar-refractivity contribution is -0.154. The Morgan fingerprint density at radius 1 is 1.18 bits per heavy atom. The van der Waals surface area contributed by atoms with E-state index in [0.717, 1.165) is 5.56 Å². The van der Waals surface area contributed by atoms with E-state index in [0.29, 0.717) is 30.0 Å².